The number of hydrogen-bond donors (Lipinski definition) is 0. The third-order valence-corrected chi connectivity index (χ3v) is 4.04. The van der Waals surface area contributed by atoms with E-state index in [2.05, 4.69) is 15.9 Å². The molecule has 0 saturated carbocycles. The average molecular weight is 327 g/mol. The third kappa shape index (κ3) is 3.12. The van der Waals surface area contributed by atoms with E-state index in [4.69, 9.17) is 0 Å². The number of nitrogens with zero attached hydrogens (tertiary/aromatic N) is 2. The molecule has 0 aromatic heterocycles. The van der Waals surface area contributed by atoms with Gasteiger partial charge in [0.2, 0.25) is 0 Å². The quantitative estimate of drug-likeness (QED) is 0.477. The normalized spacial score (nSPS) is 19.3. The van der Waals surface area contributed by atoms with Crippen molar-refractivity contribution in [3.05, 3.63) is 39.4 Å². The van der Waals surface area contributed by atoms with Crippen LogP contribution in [0.25, 0.3) is 0 Å². The lowest BCUT2D eigenvalue weighted by Crippen LogP contribution is -2.40. The number of amides is 1. The molecule has 102 valence electrons. The van der Waals surface area contributed by atoms with Crippen molar-refractivity contribution in [2.45, 2.75) is 24.6 Å². The molecule has 0 radical (unpaired) electrons. The molecule has 1 heterocycles. The zero-order valence-corrected chi connectivity index (χ0v) is 12.2. The van der Waals surface area contributed by atoms with Crippen molar-refractivity contribution >= 4 is 27.5 Å². The van der Waals surface area contributed by atoms with Crippen molar-refractivity contribution in [3.8, 4) is 0 Å². The van der Waals surface area contributed by atoms with Crippen LogP contribution in [0, 0.1) is 17.0 Å². The molecule has 1 atom stereocenters. The van der Waals surface area contributed by atoms with Crippen LogP contribution in [0.4, 0.5) is 5.69 Å². The molecule has 1 saturated heterocycles. The molecule has 2 rings (SSSR count). The summed E-state index contributed by atoms with van der Waals surface area (Å²) in [5.41, 5.74) is 1.08. The number of aryl methyl sites for hydroxylation is 1. The number of nitro benzene ring substituents is 1. The number of piperidine rings is 1. The summed E-state index contributed by atoms with van der Waals surface area (Å²) in [6.45, 7) is 3.09. The highest BCUT2D eigenvalue weighted by molar-refractivity contribution is 9.09. The summed E-state index contributed by atoms with van der Waals surface area (Å²) in [6.07, 6.45) is 2.05. The van der Waals surface area contributed by atoms with Gasteiger partial charge in [0.05, 0.1) is 4.92 Å². The van der Waals surface area contributed by atoms with E-state index in [1.807, 2.05) is 0 Å². The van der Waals surface area contributed by atoms with Gasteiger partial charge in [-0.1, -0.05) is 15.9 Å². The first-order chi connectivity index (χ1) is 8.99. The Bertz CT molecular complexity index is 519. The van der Waals surface area contributed by atoms with Crippen molar-refractivity contribution in [1.29, 1.82) is 0 Å². The molecular formula is C13H15BrN2O3. The zero-order chi connectivity index (χ0) is 14.0. The van der Waals surface area contributed by atoms with Gasteiger partial charge in [-0.05, 0) is 31.9 Å². The monoisotopic (exact) mass is 326 g/mol. The second-order valence-electron chi connectivity index (χ2n) is 4.75. The largest absolute Gasteiger partial charge is 0.338 e. The smallest absolute Gasteiger partial charge is 0.272 e. The van der Waals surface area contributed by atoms with Crippen LogP contribution in [0.5, 0.6) is 0 Å². The van der Waals surface area contributed by atoms with Gasteiger partial charge in [0.25, 0.3) is 11.6 Å². The van der Waals surface area contributed by atoms with Crippen molar-refractivity contribution in [2.75, 3.05) is 13.1 Å². The van der Waals surface area contributed by atoms with E-state index in [9.17, 15) is 14.9 Å². The Labute approximate surface area is 119 Å². The topological polar surface area (TPSA) is 63.5 Å². The molecule has 0 N–H and O–H groups in total. The minimum Gasteiger partial charge on any atom is -0.338 e. The fourth-order valence-electron chi connectivity index (χ4n) is 2.29. The van der Waals surface area contributed by atoms with Gasteiger partial charge in [-0.15, -0.1) is 0 Å². The van der Waals surface area contributed by atoms with Crippen LogP contribution in [-0.2, 0) is 0 Å². The van der Waals surface area contributed by atoms with Crippen LogP contribution < -0.4 is 0 Å². The van der Waals surface area contributed by atoms with Crippen LogP contribution in [0.15, 0.2) is 18.2 Å². The number of alkyl halides is 1. The van der Waals surface area contributed by atoms with Crippen molar-refractivity contribution in [3.63, 3.8) is 0 Å². The Kier molecular flexibility index (Phi) is 4.19. The molecule has 5 nitrogen and oxygen atoms in total. The summed E-state index contributed by atoms with van der Waals surface area (Å²) in [4.78, 5) is 24.8. The lowest BCUT2D eigenvalue weighted by Gasteiger charge is -2.30. The van der Waals surface area contributed by atoms with Crippen LogP contribution in [-0.4, -0.2) is 33.6 Å². The molecule has 1 amide bonds. The summed E-state index contributed by atoms with van der Waals surface area (Å²) in [7, 11) is 0. The fourth-order valence-corrected chi connectivity index (χ4v) is 2.96. The number of hydrogen-bond acceptors (Lipinski definition) is 3. The molecule has 1 aromatic carbocycles. The third-order valence-electron chi connectivity index (χ3n) is 3.29. The molecule has 1 aromatic rings. The lowest BCUT2D eigenvalue weighted by atomic mass is 10.1. The van der Waals surface area contributed by atoms with Gasteiger partial charge in [-0.2, -0.15) is 0 Å². The summed E-state index contributed by atoms with van der Waals surface area (Å²) in [5.74, 6) is -0.0536. The summed E-state index contributed by atoms with van der Waals surface area (Å²) < 4.78 is 0. The van der Waals surface area contributed by atoms with Gasteiger partial charge in [0.1, 0.15) is 0 Å². The van der Waals surface area contributed by atoms with Crippen LogP contribution in [0.2, 0.25) is 0 Å². The predicted molar refractivity (Wildman–Crippen MR) is 75.7 cm³/mol. The van der Waals surface area contributed by atoms with Gasteiger partial charge in [0.15, 0.2) is 0 Å². The van der Waals surface area contributed by atoms with Crippen molar-refractivity contribution < 1.29 is 9.72 Å². The molecule has 0 aliphatic carbocycles. The molecule has 1 unspecified atom stereocenters. The summed E-state index contributed by atoms with van der Waals surface area (Å²) in [6, 6.07) is 4.53. The average Bonchev–Trinajstić information content (AvgIpc) is 2.37. The Morgan fingerprint density at radius 2 is 2.26 bits per heavy atom. The number of nitro groups is 1. The van der Waals surface area contributed by atoms with E-state index >= 15 is 0 Å². The van der Waals surface area contributed by atoms with E-state index in [0.717, 1.165) is 19.4 Å². The first kappa shape index (κ1) is 14.0. The van der Waals surface area contributed by atoms with Gasteiger partial charge in [-0.25, -0.2) is 0 Å². The number of carbonyl (C=O) groups is 1. The minimum atomic E-state index is -0.432. The highest BCUT2D eigenvalue weighted by atomic mass is 79.9. The Hall–Kier alpha value is -1.43. The van der Waals surface area contributed by atoms with E-state index in [0.29, 0.717) is 22.5 Å². The Morgan fingerprint density at radius 1 is 1.53 bits per heavy atom. The number of halogens is 1. The highest BCUT2D eigenvalue weighted by Crippen LogP contribution is 2.22. The molecule has 0 bridgehead atoms. The first-order valence-corrected chi connectivity index (χ1v) is 7.09. The number of likely N-dealkylation sites (tertiary alicyclic amines) is 1. The van der Waals surface area contributed by atoms with Crippen LogP contribution >= 0.6 is 15.9 Å². The first-order valence-electron chi connectivity index (χ1n) is 6.17. The molecule has 1 aliphatic heterocycles. The van der Waals surface area contributed by atoms with Gasteiger partial charge >= 0.3 is 0 Å². The molecular weight excluding hydrogens is 312 g/mol. The Morgan fingerprint density at radius 3 is 2.84 bits per heavy atom. The second kappa shape index (κ2) is 5.69. The van der Waals surface area contributed by atoms with E-state index in [-0.39, 0.29) is 11.6 Å². The van der Waals surface area contributed by atoms with Crippen molar-refractivity contribution in [1.82, 2.24) is 4.90 Å². The molecule has 1 aliphatic rings. The molecule has 1 fully saturated rings. The summed E-state index contributed by atoms with van der Waals surface area (Å²) >= 11 is 3.53. The van der Waals surface area contributed by atoms with Gasteiger partial charge < -0.3 is 4.90 Å². The SMILES string of the molecule is Cc1cc(C(=O)N2CCCC(Br)C2)ccc1[N+](=O)[O-]. The number of carbonyl (C=O) groups excluding carboxylic acids is 1. The van der Waals surface area contributed by atoms with Crippen LogP contribution in [0.3, 0.4) is 0 Å². The lowest BCUT2D eigenvalue weighted by molar-refractivity contribution is -0.385. The standard InChI is InChI=1S/C13H15BrN2O3/c1-9-7-10(4-5-12(9)16(18)19)13(17)15-6-2-3-11(14)8-15/h4-5,7,11H,2-3,6,8H2,1H3. The van der Waals surface area contributed by atoms with E-state index in [1.165, 1.54) is 12.1 Å². The van der Waals surface area contributed by atoms with Crippen molar-refractivity contribution in [2.24, 2.45) is 0 Å². The van der Waals surface area contributed by atoms with E-state index < -0.39 is 4.92 Å². The Balaban J connectivity index is 2.19. The maximum atomic E-state index is 12.3. The second-order valence-corrected chi connectivity index (χ2v) is 6.04. The van der Waals surface area contributed by atoms with Gasteiger partial charge in [-0.3, -0.25) is 14.9 Å². The number of benzene rings is 1. The van der Waals surface area contributed by atoms with E-state index in [1.54, 1.807) is 17.9 Å². The maximum Gasteiger partial charge on any atom is 0.272 e. The summed E-state index contributed by atoms with van der Waals surface area (Å²) in [5, 5.41) is 10.8. The zero-order valence-electron chi connectivity index (χ0n) is 10.6. The molecule has 6 heteroatoms. The maximum absolute atomic E-state index is 12.3. The van der Waals surface area contributed by atoms with Crippen LogP contribution in [0.1, 0.15) is 28.8 Å². The molecule has 19 heavy (non-hydrogen) atoms. The minimum absolute atomic E-state index is 0.0496. The van der Waals surface area contributed by atoms with Gasteiger partial charge in [0, 0.05) is 35.1 Å². The highest BCUT2D eigenvalue weighted by Gasteiger charge is 2.23. The number of rotatable bonds is 2. The fraction of sp³-hybridized carbons (Fsp3) is 0.462. The molecule has 0 spiro atoms. The predicted octanol–water partition coefficient (Wildman–Crippen LogP) is 2.90.